The topological polar surface area (TPSA) is 312 Å². The molecule has 2 fully saturated rings. The first-order valence-electron chi connectivity index (χ1n) is 15.5. The van der Waals surface area contributed by atoms with Gasteiger partial charge in [0.2, 0.25) is 24.1 Å². The predicted octanol–water partition coefficient (Wildman–Crippen LogP) is -1.81. The number of rotatable bonds is 12. The number of hydrogen-bond donors (Lipinski definition) is 10. The number of hydrogen-bond acceptors (Lipinski definition) is 18. The fourth-order valence-corrected chi connectivity index (χ4v) is 5.50. The van der Waals surface area contributed by atoms with E-state index in [1.807, 2.05) is 0 Å². The molecule has 0 aliphatic carbocycles. The summed E-state index contributed by atoms with van der Waals surface area (Å²) in [6, 6.07) is 6.11. The second-order valence-electron chi connectivity index (χ2n) is 11.7. The molecule has 1 aromatic heterocycles. The fourth-order valence-electron chi connectivity index (χ4n) is 5.50. The number of aliphatic carboxylic acids is 1. The first-order chi connectivity index (χ1) is 24.7. The number of esters is 1. The van der Waals surface area contributed by atoms with Gasteiger partial charge in [-0.15, -0.1) is 0 Å². The standard InChI is InChI=1S/C32H36O20/c1-45-16-3-11(4-17(46-2)23(16)38)30-18(50-32-28(43)26(41)24(39)19(9-33)51-32)7-13-14(48-30)5-12(34)6-15(13)49-31-29(44)27(42)25(40)20(52-31)10-47-22(37)8-21(35)36/h3-7,19-20,24-29,31-33,39-44H,8-10H2,1-2H3,(H2-,34,35,36,38)/p+1. The van der Waals surface area contributed by atoms with Crippen molar-refractivity contribution in [3.05, 3.63) is 30.3 Å². The highest BCUT2D eigenvalue weighted by molar-refractivity contribution is 5.90. The van der Waals surface area contributed by atoms with Crippen LogP contribution < -0.4 is 18.9 Å². The summed E-state index contributed by atoms with van der Waals surface area (Å²) in [5.41, 5.74) is 0.00410. The van der Waals surface area contributed by atoms with Crippen molar-refractivity contribution in [1.82, 2.24) is 0 Å². The number of ether oxygens (including phenoxy) is 7. The van der Waals surface area contributed by atoms with E-state index < -0.39 is 98.7 Å². The number of phenolic OH excluding ortho intramolecular Hbond substituents is 2. The molecule has 52 heavy (non-hydrogen) atoms. The number of carboxylic acid groups (broad SMARTS) is 1. The lowest BCUT2D eigenvalue weighted by Gasteiger charge is -2.40. The summed E-state index contributed by atoms with van der Waals surface area (Å²) in [5.74, 6) is -4.36. The number of benzene rings is 2. The van der Waals surface area contributed by atoms with Crippen molar-refractivity contribution < 1.29 is 98.2 Å². The quantitative estimate of drug-likeness (QED) is 0.0556. The van der Waals surface area contributed by atoms with Crippen LogP contribution in [-0.4, -0.2) is 152 Å². The lowest BCUT2D eigenvalue weighted by molar-refractivity contribution is -0.278. The predicted molar refractivity (Wildman–Crippen MR) is 167 cm³/mol. The molecule has 2 aliphatic rings. The van der Waals surface area contributed by atoms with E-state index in [1.54, 1.807) is 0 Å². The monoisotopic (exact) mass is 741 g/mol. The SMILES string of the molecule is COc1cc(-c2[o+]c3cc(O)cc(OC4OC(COC(=O)CC(=O)O)C(O)C(O)C4O)c3cc2OC2OC(CO)C(O)C(O)C2O)cc(OC)c1O. The van der Waals surface area contributed by atoms with Gasteiger partial charge in [-0.25, -0.2) is 4.42 Å². The molecule has 3 aromatic rings. The zero-order valence-electron chi connectivity index (χ0n) is 27.3. The number of aromatic hydroxyl groups is 2. The fraction of sp³-hybridized carbons (Fsp3) is 0.469. The van der Waals surface area contributed by atoms with Crippen molar-refractivity contribution in [2.24, 2.45) is 0 Å². The molecule has 0 spiro atoms. The van der Waals surface area contributed by atoms with Gasteiger partial charge in [0.25, 0.3) is 0 Å². The molecule has 3 heterocycles. The Balaban J connectivity index is 1.58. The molecule has 2 aromatic carbocycles. The van der Waals surface area contributed by atoms with Gasteiger partial charge in [0.05, 0.1) is 32.5 Å². The minimum atomic E-state index is -1.93. The van der Waals surface area contributed by atoms with E-state index in [2.05, 4.69) is 0 Å². The molecule has 0 bridgehead atoms. The van der Waals surface area contributed by atoms with Crippen LogP contribution in [0.4, 0.5) is 0 Å². The van der Waals surface area contributed by atoms with Crippen molar-refractivity contribution in [2.45, 2.75) is 67.8 Å². The van der Waals surface area contributed by atoms with Crippen LogP contribution in [0.3, 0.4) is 0 Å². The second-order valence-corrected chi connectivity index (χ2v) is 11.7. The normalized spacial score (nSPS) is 28.9. The van der Waals surface area contributed by atoms with E-state index in [9.17, 15) is 55.5 Å². The van der Waals surface area contributed by atoms with Gasteiger partial charge in [-0.2, -0.15) is 0 Å². The molecule has 2 aliphatic heterocycles. The van der Waals surface area contributed by atoms with Gasteiger partial charge in [-0.1, -0.05) is 0 Å². The third-order valence-corrected chi connectivity index (χ3v) is 8.25. The molecule has 284 valence electrons. The Bertz CT molecular complexity index is 1740. The molecular weight excluding hydrogens is 704 g/mol. The summed E-state index contributed by atoms with van der Waals surface area (Å²) in [4.78, 5) is 22.6. The van der Waals surface area contributed by atoms with Crippen molar-refractivity contribution in [3.8, 4) is 45.8 Å². The minimum absolute atomic E-state index is 0.0281. The van der Waals surface area contributed by atoms with Crippen LogP contribution >= 0.6 is 0 Å². The first-order valence-corrected chi connectivity index (χ1v) is 15.5. The minimum Gasteiger partial charge on any atom is -0.507 e. The van der Waals surface area contributed by atoms with Crippen molar-refractivity contribution in [1.29, 1.82) is 0 Å². The largest absolute Gasteiger partial charge is 0.507 e. The lowest BCUT2D eigenvalue weighted by Crippen LogP contribution is -2.60. The molecule has 10 N–H and O–H groups in total. The number of aliphatic hydroxyl groups is 7. The van der Waals surface area contributed by atoms with E-state index >= 15 is 0 Å². The lowest BCUT2D eigenvalue weighted by atomic mass is 9.99. The molecule has 0 amide bonds. The second kappa shape index (κ2) is 15.9. The van der Waals surface area contributed by atoms with Crippen LogP contribution in [0, 0.1) is 0 Å². The number of carboxylic acids is 1. The smallest absolute Gasteiger partial charge is 0.402 e. The van der Waals surface area contributed by atoms with Gasteiger partial charge in [0.15, 0.2) is 11.5 Å². The van der Waals surface area contributed by atoms with Crippen LogP contribution in [0.1, 0.15) is 6.42 Å². The number of carbonyl (C=O) groups is 2. The highest BCUT2D eigenvalue weighted by Crippen LogP contribution is 2.46. The van der Waals surface area contributed by atoms with Gasteiger partial charge < -0.3 is 84.2 Å². The summed E-state index contributed by atoms with van der Waals surface area (Å²) < 4.78 is 44.3. The van der Waals surface area contributed by atoms with Crippen LogP contribution in [-0.2, 0) is 23.8 Å². The maximum absolute atomic E-state index is 11.8. The summed E-state index contributed by atoms with van der Waals surface area (Å²) in [6.45, 7) is -1.51. The van der Waals surface area contributed by atoms with E-state index in [0.29, 0.717) is 0 Å². The van der Waals surface area contributed by atoms with E-state index in [-0.39, 0.29) is 51.0 Å². The zero-order chi connectivity index (χ0) is 38.0. The summed E-state index contributed by atoms with van der Waals surface area (Å²) >= 11 is 0. The van der Waals surface area contributed by atoms with Crippen LogP contribution in [0.25, 0.3) is 22.3 Å². The van der Waals surface area contributed by atoms with Crippen LogP contribution in [0.2, 0.25) is 0 Å². The van der Waals surface area contributed by atoms with Crippen molar-refractivity contribution in [3.63, 3.8) is 0 Å². The van der Waals surface area contributed by atoms with Crippen molar-refractivity contribution in [2.75, 3.05) is 27.4 Å². The third kappa shape index (κ3) is 7.84. The number of carbonyl (C=O) groups excluding carboxylic acids is 1. The van der Waals surface area contributed by atoms with Gasteiger partial charge >= 0.3 is 23.3 Å². The van der Waals surface area contributed by atoms with Gasteiger partial charge in [-0.3, -0.25) is 9.59 Å². The zero-order valence-corrected chi connectivity index (χ0v) is 27.3. The number of methoxy groups -OCH3 is 2. The molecule has 0 radical (unpaired) electrons. The molecule has 20 nitrogen and oxygen atoms in total. The molecule has 10 unspecified atom stereocenters. The van der Waals surface area contributed by atoms with E-state index in [1.165, 1.54) is 32.4 Å². The van der Waals surface area contributed by atoms with Gasteiger partial charge in [0.1, 0.15) is 78.7 Å². The average Bonchev–Trinajstić information content (AvgIpc) is 3.11. The Morgan fingerprint density at radius 1 is 0.731 bits per heavy atom. The molecular formula is C32H37O20+. The molecule has 10 atom stereocenters. The van der Waals surface area contributed by atoms with Crippen LogP contribution in [0.5, 0.6) is 34.5 Å². The third-order valence-electron chi connectivity index (χ3n) is 8.25. The van der Waals surface area contributed by atoms with E-state index in [0.717, 1.165) is 12.1 Å². The molecule has 2 saturated heterocycles. The summed E-state index contributed by atoms with van der Waals surface area (Å²) in [6.07, 6.45) is -18.5. The highest BCUT2D eigenvalue weighted by atomic mass is 16.7. The number of phenols is 2. The van der Waals surface area contributed by atoms with E-state index in [4.69, 9.17) is 42.7 Å². The Hall–Kier alpha value is -4.77. The number of aliphatic hydroxyl groups excluding tert-OH is 7. The molecule has 20 heteroatoms. The maximum atomic E-state index is 11.8. The van der Waals surface area contributed by atoms with Gasteiger partial charge in [-0.05, 0) is 0 Å². The Labute approximate surface area is 292 Å². The Morgan fingerprint density at radius 3 is 1.85 bits per heavy atom. The molecule has 0 saturated carbocycles. The Morgan fingerprint density at radius 2 is 1.29 bits per heavy atom. The summed E-state index contributed by atoms with van der Waals surface area (Å²) in [7, 11) is 2.54. The average molecular weight is 742 g/mol. The summed E-state index contributed by atoms with van der Waals surface area (Å²) in [5, 5.41) is 103. The maximum Gasteiger partial charge on any atom is 0.402 e. The first kappa shape index (κ1) is 38.5. The van der Waals surface area contributed by atoms with Crippen molar-refractivity contribution >= 4 is 22.9 Å². The highest BCUT2D eigenvalue weighted by Gasteiger charge is 2.47. The molecule has 5 rings (SSSR count). The van der Waals surface area contributed by atoms with Gasteiger partial charge in [0, 0.05) is 24.3 Å². The Kier molecular flexibility index (Phi) is 11.7. The van der Waals surface area contributed by atoms with Crippen LogP contribution in [0.15, 0.2) is 34.7 Å². The number of fused-ring (bicyclic) bond motifs is 1.